The summed E-state index contributed by atoms with van der Waals surface area (Å²) in [6.45, 7) is 1.87. The molecule has 4 nitrogen and oxygen atoms in total. The van der Waals surface area contributed by atoms with Crippen LogP contribution < -0.4 is 0 Å². The summed E-state index contributed by atoms with van der Waals surface area (Å²) in [6, 6.07) is 0. The molecule has 20 heavy (non-hydrogen) atoms. The number of cyclic esters (lactones) is 1. The molecule has 1 aliphatic carbocycles. The molecule has 1 aliphatic heterocycles. The van der Waals surface area contributed by atoms with Crippen molar-refractivity contribution in [2.75, 3.05) is 0 Å². The molecule has 4 atom stereocenters. The van der Waals surface area contributed by atoms with Gasteiger partial charge in [-0.05, 0) is 38.2 Å². The van der Waals surface area contributed by atoms with Gasteiger partial charge in [0, 0.05) is 24.8 Å². The van der Waals surface area contributed by atoms with Gasteiger partial charge in [-0.2, -0.15) is 0 Å². The SMILES string of the molecule is C[C@@H]1CCC/C=C/[C@H]2CC(=O)C[C@@H]2[C@@H](O)/C=C\C(=O)O1. The minimum Gasteiger partial charge on any atom is -0.460 e. The fraction of sp³-hybridized carbons (Fsp3) is 0.625. The maximum atomic E-state index is 11.6. The zero-order chi connectivity index (χ0) is 14.5. The van der Waals surface area contributed by atoms with Gasteiger partial charge in [-0.15, -0.1) is 0 Å². The Kier molecular flexibility index (Phi) is 5.12. The summed E-state index contributed by atoms with van der Waals surface area (Å²) in [7, 11) is 0. The quantitative estimate of drug-likeness (QED) is 0.545. The molecule has 0 aromatic rings. The van der Waals surface area contributed by atoms with Gasteiger partial charge in [-0.25, -0.2) is 4.79 Å². The monoisotopic (exact) mass is 278 g/mol. The molecule has 1 saturated carbocycles. The van der Waals surface area contributed by atoms with Crippen LogP contribution in [0.3, 0.4) is 0 Å². The van der Waals surface area contributed by atoms with Crippen LogP contribution in [0.1, 0.15) is 39.0 Å². The van der Waals surface area contributed by atoms with E-state index < -0.39 is 12.1 Å². The highest BCUT2D eigenvalue weighted by molar-refractivity contribution is 5.83. The summed E-state index contributed by atoms with van der Waals surface area (Å²) in [5, 5.41) is 10.2. The first-order valence-electron chi connectivity index (χ1n) is 7.31. The Labute approximate surface area is 119 Å². The minimum atomic E-state index is -0.778. The van der Waals surface area contributed by atoms with Crippen LogP contribution in [-0.4, -0.2) is 29.1 Å². The summed E-state index contributed by atoms with van der Waals surface area (Å²) in [5.41, 5.74) is 0. The number of carbonyl (C=O) groups excluding carboxylic acids is 2. The lowest BCUT2D eigenvalue weighted by Crippen LogP contribution is -2.21. The molecule has 1 heterocycles. The Balaban J connectivity index is 2.13. The van der Waals surface area contributed by atoms with Crippen LogP contribution in [-0.2, 0) is 14.3 Å². The largest absolute Gasteiger partial charge is 0.460 e. The molecule has 4 heteroatoms. The zero-order valence-corrected chi connectivity index (χ0v) is 11.8. The fourth-order valence-electron chi connectivity index (χ4n) is 2.91. The maximum absolute atomic E-state index is 11.6. The number of allylic oxidation sites excluding steroid dienone is 2. The Morgan fingerprint density at radius 1 is 1.25 bits per heavy atom. The van der Waals surface area contributed by atoms with Gasteiger partial charge in [0.2, 0.25) is 0 Å². The predicted molar refractivity (Wildman–Crippen MR) is 74.9 cm³/mol. The molecule has 2 rings (SSSR count). The van der Waals surface area contributed by atoms with Crippen LogP contribution in [0.5, 0.6) is 0 Å². The third-order valence-electron chi connectivity index (χ3n) is 4.03. The van der Waals surface area contributed by atoms with E-state index in [2.05, 4.69) is 12.2 Å². The number of ketones is 1. The molecule has 0 saturated heterocycles. The average molecular weight is 278 g/mol. The number of aliphatic hydroxyl groups is 1. The number of hydrogen-bond donors (Lipinski definition) is 1. The van der Waals surface area contributed by atoms with E-state index in [4.69, 9.17) is 4.74 Å². The van der Waals surface area contributed by atoms with Crippen molar-refractivity contribution in [1.29, 1.82) is 0 Å². The van der Waals surface area contributed by atoms with Crippen molar-refractivity contribution in [1.82, 2.24) is 0 Å². The molecule has 1 N–H and O–H groups in total. The van der Waals surface area contributed by atoms with Gasteiger partial charge in [0.1, 0.15) is 5.78 Å². The van der Waals surface area contributed by atoms with Gasteiger partial charge in [-0.1, -0.05) is 12.2 Å². The molecule has 0 amide bonds. The number of hydrogen-bond acceptors (Lipinski definition) is 4. The van der Waals surface area contributed by atoms with Crippen LogP contribution >= 0.6 is 0 Å². The van der Waals surface area contributed by atoms with Gasteiger partial charge >= 0.3 is 5.97 Å². The van der Waals surface area contributed by atoms with Gasteiger partial charge in [0.25, 0.3) is 0 Å². The summed E-state index contributed by atoms with van der Waals surface area (Å²) < 4.78 is 5.22. The molecule has 110 valence electrons. The van der Waals surface area contributed by atoms with Crippen LogP contribution in [0.15, 0.2) is 24.3 Å². The predicted octanol–water partition coefficient (Wildman–Crippen LogP) is 2.17. The van der Waals surface area contributed by atoms with Gasteiger partial charge in [0.05, 0.1) is 12.2 Å². The molecular formula is C16H22O4. The summed E-state index contributed by atoms with van der Waals surface area (Å²) >= 11 is 0. The van der Waals surface area contributed by atoms with Gasteiger partial charge in [0.15, 0.2) is 0 Å². The number of aliphatic hydroxyl groups excluding tert-OH is 1. The molecule has 0 spiro atoms. The topological polar surface area (TPSA) is 63.6 Å². The van der Waals surface area contributed by atoms with Crippen molar-refractivity contribution in [2.45, 2.75) is 51.2 Å². The van der Waals surface area contributed by atoms with Crippen LogP contribution in [0.25, 0.3) is 0 Å². The Bertz CT molecular complexity index is 424. The highest BCUT2D eigenvalue weighted by Crippen LogP contribution is 2.33. The maximum Gasteiger partial charge on any atom is 0.330 e. The van der Waals surface area contributed by atoms with Crippen LogP contribution in [0, 0.1) is 11.8 Å². The van der Waals surface area contributed by atoms with Crippen molar-refractivity contribution >= 4 is 11.8 Å². The molecule has 0 bridgehead atoms. The molecule has 1 fully saturated rings. The average Bonchev–Trinajstić information content (AvgIpc) is 2.76. The van der Waals surface area contributed by atoms with E-state index in [0.717, 1.165) is 19.3 Å². The summed E-state index contributed by atoms with van der Waals surface area (Å²) in [5.74, 6) is -0.289. The standard InChI is InChI=1S/C16H22O4/c1-11-5-3-2-4-6-12-9-13(17)10-14(12)15(18)7-8-16(19)20-11/h4,6-8,11-12,14-15,18H,2-3,5,9-10H2,1H3/b6-4+,8-7-/t11-,12+,14+,15+/m1/s1. The number of fused-ring (bicyclic) bond motifs is 1. The fourth-order valence-corrected chi connectivity index (χ4v) is 2.91. The highest BCUT2D eigenvalue weighted by Gasteiger charge is 2.35. The highest BCUT2D eigenvalue weighted by atomic mass is 16.5. The van der Waals surface area contributed by atoms with E-state index in [-0.39, 0.29) is 23.7 Å². The number of ether oxygens (including phenoxy) is 1. The van der Waals surface area contributed by atoms with Crippen LogP contribution in [0.2, 0.25) is 0 Å². The summed E-state index contributed by atoms with van der Waals surface area (Å²) in [6.07, 6.45) is 9.53. The van der Waals surface area contributed by atoms with Crippen molar-refractivity contribution in [3.8, 4) is 0 Å². The van der Waals surface area contributed by atoms with Crippen molar-refractivity contribution in [3.63, 3.8) is 0 Å². The van der Waals surface area contributed by atoms with E-state index in [1.807, 2.05) is 6.92 Å². The van der Waals surface area contributed by atoms with Crippen molar-refractivity contribution in [3.05, 3.63) is 24.3 Å². The van der Waals surface area contributed by atoms with Crippen molar-refractivity contribution < 1.29 is 19.4 Å². The van der Waals surface area contributed by atoms with Gasteiger partial charge in [-0.3, -0.25) is 4.79 Å². The molecule has 0 unspecified atom stereocenters. The lowest BCUT2D eigenvalue weighted by Gasteiger charge is -2.19. The zero-order valence-electron chi connectivity index (χ0n) is 11.8. The number of carbonyl (C=O) groups is 2. The summed E-state index contributed by atoms with van der Waals surface area (Å²) in [4.78, 5) is 23.2. The normalized spacial score (nSPS) is 38.9. The molecule has 0 aromatic carbocycles. The van der Waals surface area contributed by atoms with E-state index >= 15 is 0 Å². The second-order valence-corrected chi connectivity index (χ2v) is 5.73. The second kappa shape index (κ2) is 6.84. The lowest BCUT2D eigenvalue weighted by molar-refractivity contribution is -0.142. The van der Waals surface area contributed by atoms with Crippen molar-refractivity contribution in [2.24, 2.45) is 11.8 Å². The van der Waals surface area contributed by atoms with E-state index in [1.165, 1.54) is 12.2 Å². The minimum absolute atomic E-state index is 0.0800. The molecular weight excluding hydrogens is 256 g/mol. The number of Topliss-reactive ketones (excluding diaryl/α,β-unsaturated/α-hetero) is 1. The first-order valence-corrected chi connectivity index (χ1v) is 7.31. The molecule has 2 aliphatic rings. The first-order chi connectivity index (χ1) is 9.56. The number of esters is 1. The smallest absolute Gasteiger partial charge is 0.330 e. The van der Waals surface area contributed by atoms with Crippen LogP contribution in [0.4, 0.5) is 0 Å². The lowest BCUT2D eigenvalue weighted by atomic mass is 9.90. The third kappa shape index (κ3) is 4.04. The van der Waals surface area contributed by atoms with E-state index in [1.54, 1.807) is 0 Å². The number of rotatable bonds is 0. The Hall–Kier alpha value is -1.42. The molecule has 0 aromatic heterocycles. The first kappa shape index (κ1) is 15.0. The Morgan fingerprint density at radius 3 is 2.85 bits per heavy atom. The molecule has 0 radical (unpaired) electrons. The van der Waals surface area contributed by atoms with Gasteiger partial charge < -0.3 is 9.84 Å². The van der Waals surface area contributed by atoms with E-state index in [9.17, 15) is 14.7 Å². The van der Waals surface area contributed by atoms with E-state index in [0.29, 0.717) is 12.8 Å². The third-order valence-corrected chi connectivity index (χ3v) is 4.03. The Morgan fingerprint density at radius 2 is 2.05 bits per heavy atom. The second-order valence-electron chi connectivity index (χ2n) is 5.73.